The van der Waals surface area contributed by atoms with Crippen LogP contribution in [-0.2, 0) is 0 Å². The number of thioether (sulfide) groups is 1. The third-order valence-corrected chi connectivity index (χ3v) is 3.31. The molecule has 0 spiro atoms. The van der Waals surface area contributed by atoms with Gasteiger partial charge in [0.1, 0.15) is 0 Å². The van der Waals surface area contributed by atoms with Crippen molar-refractivity contribution in [2.75, 3.05) is 0 Å². The zero-order chi connectivity index (χ0) is 10.3. The van der Waals surface area contributed by atoms with E-state index in [0.29, 0.717) is 5.92 Å². The summed E-state index contributed by atoms with van der Waals surface area (Å²) in [4.78, 5) is 2.75. The van der Waals surface area contributed by atoms with Gasteiger partial charge in [-0.3, -0.25) is 0 Å². The van der Waals surface area contributed by atoms with Gasteiger partial charge in [-0.1, -0.05) is 58.5 Å². The summed E-state index contributed by atoms with van der Waals surface area (Å²) in [6.45, 7) is 12.9. The summed E-state index contributed by atoms with van der Waals surface area (Å²) in [5.74, 6) is 0.639. The van der Waals surface area contributed by atoms with Crippen molar-refractivity contribution in [2.24, 2.45) is 5.92 Å². The SMILES string of the molecule is C=C(CC)S/C(=C\CCC)C(C)C. The molecule has 0 N–H and O–H groups in total. The summed E-state index contributed by atoms with van der Waals surface area (Å²) >= 11 is 1.86. The Labute approximate surface area is 87.5 Å². The fourth-order valence-electron chi connectivity index (χ4n) is 0.921. The average molecular weight is 198 g/mol. The lowest BCUT2D eigenvalue weighted by Gasteiger charge is -2.11. The molecule has 0 saturated carbocycles. The summed E-state index contributed by atoms with van der Waals surface area (Å²) in [6.07, 6.45) is 5.85. The number of hydrogen-bond donors (Lipinski definition) is 0. The molecule has 0 aromatic heterocycles. The van der Waals surface area contributed by atoms with Gasteiger partial charge in [0, 0.05) is 0 Å². The van der Waals surface area contributed by atoms with E-state index in [2.05, 4.69) is 40.3 Å². The van der Waals surface area contributed by atoms with Crippen LogP contribution in [0.5, 0.6) is 0 Å². The predicted molar refractivity (Wildman–Crippen MR) is 64.9 cm³/mol. The Bertz CT molecular complexity index is 178. The van der Waals surface area contributed by atoms with Gasteiger partial charge >= 0.3 is 0 Å². The number of hydrogen-bond acceptors (Lipinski definition) is 1. The van der Waals surface area contributed by atoms with Gasteiger partial charge in [-0.2, -0.15) is 0 Å². The second-order valence-corrected chi connectivity index (χ2v) is 4.80. The molecule has 13 heavy (non-hydrogen) atoms. The Morgan fingerprint density at radius 3 is 2.38 bits per heavy atom. The van der Waals surface area contributed by atoms with Crippen molar-refractivity contribution in [3.8, 4) is 0 Å². The average Bonchev–Trinajstić information content (AvgIpc) is 2.11. The molecule has 0 heterocycles. The van der Waals surface area contributed by atoms with Gasteiger partial charge in [0.25, 0.3) is 0 Å². The molecule has 0 nitrogen and oxygen atoms in total. The second kappa shape index (κ2) is 7.25. The van der Waals surface area contributed by atoms with Gasteiger partial charge in [-0.15, -0.1) is 0 Å². The summed E-state index contributed by atoms with van der Waals surface area (Å²) < 4.78 is 0. The summed E-state index contributed by atoms with van der Waals surface area (Å²) in [6, 6.07) is 0. The van der Waals surface area contributed by atoms with Crippen molar-refractivity contribution in [3.05, 3.63) is 22.5 Å². The molecule has 0 rings (SSSR count). The van der Waals surface area contributed by atoms with E-state index in [9.17, 15) is 0 Å². The first-order valence-electron chi connectivity index (χ1n) is 5.17. The maximum atomic E-state index is 4.03. The van der Waals surface area contributed by atoms with Crippen LogP contribution in [0.2, 0.25) is 0 Å². The molecular formula is C12H22S. The molecule has 1 heteroatoms. The minimum absolute atomic E-state index is 0.639. The lowest BCUT2D eigenvalue weighted by Crippen LogP contribution is -1.90. The molecule has 0 aromatic carbocycles. The van der Waals surface area contributed by atoms with E-state index in [1.54, 1.807) is 0 Å². The molecule has 0 unspecified atom stereocenters. The van der Waals surface area contributed by atoms with E-state index in [0.717, 1.165) is 6.42 Å². The summed E-state index contributed by atoms with van der Waals surface area (Å²) in [5.41, 5.74) is 0. The lowest BCUT2D eigenvalue weighted by atomic mass is 10.2. The van der Waals surface area contributed by atoms with Crippen molar-refractivity contribution in [1.29, 1.82) is 0 Å². The third-order valence-electron chi connectivity index (χ3n) is 1.86. The van der Waals surface area contributed by atoms with E-state index >= 15 is 0 Å². The highest BCUT2D eigenvalue weighted by atomic mass is 32.2. The van der Waals surface area contributed by atoms with Gasteiger partial charge in [0.15, 0.2) is 0 Å². The van der Waals surface area contributed by atoms with Crippen LogP contribution < -0.4 is 0 Å². The van der Waals surface area contributed by atoms with E-state index in [1.807, 2.05) is 11.8 Å². The Morgan fingerprint density at radius 2 is 2.00 bits per heavy atom. The molecule has 0 atom stereocenters. The van der Waals surface area contributed by atoms with Gasteiger partial charge in [-0.05, 0) is 28.6 Å². The van der Waals surface area contributed by atoms with Gasteiger partial charge in [0.05, 0.1) is 0 Å². The van der Waals surface area contributed by atoms with Crippen molar-refractivity contribution in [2.45, 2.75) is 47.0 Å². The molecule has 0 aliphatic heterocycles. The van der Waals surface area contributed by atoms with Crippen LogP contribution in [0.1, 0.15) is 47.0 Å². The monoisotopic (exact) mass is 198 g/mol. The van der Waals surface area contributed by atoms with Crippen LogP contribution in [0.15, 0.2) is 22.5 Å². The molecule has 0 aliphatic carbocycles. The van der Waals surface area contributed by atoms with Crippen molar-refractivity contribution < 1.29 is 0 Å². The lowest BCUT2D eigenvalue weighted by molar-refractivity contribution is 0.804. The number of unbranched alkanes of at least 4 members (excludes halogenated alkanes) is 1. The Kier molecular flexibility index (Phi) is 7.16. The van der Waals surface area contributed by atoms with Crippen LogP contribution in [0, 0.1) is 5.92 Å². The van der Waals surface area contributed by atoms with E-state index in [-0.39, 0.29) is 0 Å². The fraction of sp³-hybridized carbons (Fsp3) is 0.667. The number of allylic oxidation sites excluding steroid dienone is 3. The second-order valence-electron chi connectivity index (χ2n) is 3.54. The molecule has 0 saturated heterocycles. The molecule has 0 amide bonds. The van der Waals surface area contributed by atoms with Crippen molar-refractivity contribution in [3.63, 3.8) is 0 Å². The highest BCUT2D eigenvalue weighted by molar-refractivity contribution is 8.06. The van der Waals surface area contributed by atoms with Crippen LogP contribution in [0.25, 0.3) is 0 Å². The molecule has 0 radical (unpaired) electrons. The van der Waals surface area contributed by atoms with Crippen LogP contribution in [0.4, 0.5) is 0 Å². The third kappa shape index (κ3) is 5.98. The molecular weight excluding hydrogens is 176 g/mol. The fourth-order valence-corrected chi connectivity index (χ4v) is 1.84. The first-order valence-corrected chi connectivity index (χ1v) is 5.99. The number of rotatable bonds is 6. The van der Waals surface area contributed by atoms with Gasteiger partial charge in [0.2, 0.25) is 0 Å². The minimum Gasteiger partial charge on any atom is -0.0997 e. The molecule has 0 bridgehead atoms. The molecule has 0 aromatic rings. The van der Waals surface area contributed by atoms with Crippen molar-refractivity contribution >= 4 is 11.8 Å². The summed E-state index contributed by atoms with van der Waals surface area (Å²) in [7, 11) is 0. The molecule has 0 fully saturated rings. The normalized spacial score (nSPS) is 12.2. The Hall–Kier alpha value is -0.170. The first-order chi connectivity index (χ1) is 6.11. The van der Waals surface area contributed by atoms with E-state index < -0.39 is 0 Å². The zero-order valence-corrected chi connectivity index (χ0v) is 10.2. The van der Waals surface area contributed by atoms with E-state index in [1.165, 1.54) is 22.7 Å². The topological polar surface area (TPSA) is 0 Å². The first kappa shape index (κ1) is 12.8. The van der Waals surface area contributed by atoms with Crippen LogP contribution in [-0.4, -0.2) is 0 Å². The highest BCUT2D eigenvalue weighted by Crippen LogP contribution is 2.31. The predicted octanol–water partition coefficient (Wildman–Crippen LogP) is 4.98. The van der Waals surface area contributed by atoms with Crippen LogP contribution >= 0.6 is 11.8 Å². The Morgan fingerprint density at radius 1 is 1.38 bits per heavy atom. The summed E-state index contributed by atoms with van der Waals surface area (Å²) in [5, 5.41) is 0. The maximum Gasteiger partial charge on any atom is -0.0120 e. The van der Waals surface area contributed by atoms with Gasteiger partial charge < -0.3 is 0 Å². The standard InChI is InChI=1S/C12H22S/c1-6-8-9-12(10(3)4)13-11(5)7-2/h9-10H,5-8H2,1-4H3/b12-9-. The van der Waals surface area contributed by atoms with Crippen molar-refractivity contribution in [1.82, 2.24) is 0 Å². The quantitative estimate of drug-likeness (QED) is 0.580. The molecule has 0 aliphatic rings. The zero-order valence-electron chi connectivity index (χ0n) is 9.39. The maximum absolute atomic E-state index is 4.03. The van der Waals surface area contributed by atoms with Crippen LogP contribution in [0.3, 0.4) is 0 Å². The highest BCUT2D eigenvalue weighted by Gasteiger charge is 2.04. The van der Waals surface area contributed by atoms with E-state index in [4.69, 9.17) is 0 Å². The largest absolute Gasteiger partial charge is 0.0997 e. The smallest absolute Gasteiger partial charge is 0.0120 e. The minimum atomic E-state index is 0.639. The molecule has 76 valence electrons. The Balaban J connectivity index is 4.17. The van der Waals surface area contributed by atoms with Gasteiger partial charge in [-0.25, -0.2) is 0 Å².